The molecule has 140 valence electrons. The number of benzene rings is 2. The molecule has 0 radical (unpaired) electrons. The Morgan fingerprint density at radius 1 is 1.00 bits per heavy atom. The lowest BCUT2D eigenvalue weighted by Crippen LogP contribution is -2.49. The molecule has 1 amide bonds. The average molecular weight is 363 g/mol. The van der Waals surface area contributed by atoms with Crippen LogP contribution in [0, 0.1) is 0 Å². The lowest BCUT2D eigenvalue weighted by molar-refractivity contribution is -0.130. The van der Waals surface area contributed by atoms with Crippen LogP contribution < -0.4 is 9.64 Å². The molecule has 0 unspecified atom stereocenters. The fraction of sp³-hybridized carbons (Fsp3) is 0.318. The summed E-state index contributed by atoms with van der Waals surface area (Å²) in [6.07, 6.45) is 2.53. The van der Waals surface area contributed by atoms with Crippen LogP contribution in [0.4, 0.5) is 5.69 Å². The molecule has 1 saturated heterocycles. The first-order valence-corrected chi connectivity index (χ1v) is 9.36. The van der Waals surface area contributed by atoms with Crippen molar-refractivity contribution < 1.29 is 9.53 Å². The Labute approximate surface area is 159 Å². The van der Waals surface area contributed by atoms with Gasteiger partial charge in [0.05, 0.1) is 19.2 Å². The Kier molecular flexibility index (Phi) is 4.75. The SMILES string of the molecule is COc1ccccc1N1CCN(C(=O)Cc2cn(C)c3ccccc23)CC1. The maximum absolute atomic E-state index is 12.9. The molecule has 1 fully saturated rings. The summed E-state index contributed by atoms with van der Waals surface area (Å²) in [5, 5.41) is 1.17. The third-order valence-corrected chi connectivity index (χ3v) is 5.38. The number of piperazine rings is 1. The highest BCUT2D eigenvalue weighted by Crippen LogP contribution is 2.28. The number of ether oxygens (including phenoxy) is 1. The van der Waals surface area contributed by atoms with Crippen LogP contribution >= 0.6 is 0 Å². The predicted molar refractivity (Wildman–Crippen MR) is 108 cm³/mol. The molecule has 5 heteroatoms. The van der Waals surface area contributed by atoms with Crippen LogP contribution in [-0.2, 0) is 18.3 Å². The molecule has 0 spiro atoms. The van der Waals surface area contributed by atoms with E-state index in [-0.39, 0.29) is 5.91 Å². The molecule has 0 aliphatic carbocycles. The first-order valence-electron chi connectivity index (χ1n) is 9.36. The number of carbonyl (C=O) groups excluding carboxylic acids is 1. The van der Waals surface area contributed by atoms with Gasteiger partial charge < -0.3 is 19.1 Å². The molecule has 0 N–H and O–H groups in total. The van der Waals surface area contributed by atoms with Crippen LogP contribution in [0.5, 0.6) is 5.75 Å². The van der Waals surface area contributed by atoms with Gasteiger partial charge in [0.15, 0.2) is 0 Å². The molecular formula is C22H25N3O2. The second-order valence-electron chi connectivity index (χ2n) is 7.00. The number of anilines is 1. The molecule has 2 aromatic carbocycles. The number of aromatic nitrogens is 1. The number of nitrogens with zero attached hydrogens (tertiary/aromatic N) is 3. The van der Waals surface area contributed by atoms with Gasteiger partial charge in [-0.25, -0.2) is 0 Å². The van der Waals surface area contributed by atoms with Crippen molar-refractivity contribution in [2.24, 2.45) is 7.05 Å². The zero-order chi connectivity index (χ0) is 18.8. The maximum Gasteiger partial charge on any atom is 0.227 e. The lowest BCUT2D eigenvalue weighted by atomic mass is 10.1. The van der Waals surface area contributed by atoms with Gasteiger partial charge in [0.25, 0.3) is 0 Å². The summed E-state index contributed by atoms with van der Waals surface area (Å²) in [7, 11) is 3.73. The van der Waals surface area contributed by atoms with Crippen molar-refractivity contribution in [2.75, 3.05) is 38.2 Å². The first kappa shape index (κ1) is 17.5. The molecule has 1 aliphatic heterocycles. The fourth-order valence-electron chi connectivity index (χ4n) is 3.93. The Bertz CT molecular complexity index is 955. The third-order valence-electron chi connectivity index (χ3n) is 5.38. The summed E-state index contributed by atoms with van der Waals surface area (Å²) in [6, 6.07) is 16.3. The smallest absolute Gasteiger partial charge is 0.227 e. The van der Waals surface area contributed by atoms with E-state index >= 15 is 0 Å². The minimum Gasteiger partial charge on any atom is -0.495 e. The normalized spacial score (nSPS) is 14.6. The Morgan fingerprint density at radius 2 is 1.70 bits per heavy atom. The lowest BCUT2D eigenvalue weighted by Gasteiger charge is -2.36. The topological polar surface area (TPSA) is 37.7 Å². The molecule has 1 aromatic heterocycles. The van der Waals surface area contributed by atoms with Gasteiger partial charge in [-0.1, -0.05) is 30.3 Å². The van der Waals surface area contributed by atoms with Crippen LogP contribution in [-0.4, -0.2) is 48.7 Å². The van der Waals surface area contributed by atoms with Gasteiger partial charge in [-0.2, -0.15) is 0 Å². The van der Waals surface area contributed by atoms with E-state index in [2.05, 4.69) is 33.9 Å². The molecule has 4 rings (SSSR count). The first-order chi connectivity index (χ1) is 13.2. The van der Waals surface area contributed by atoms with Crippen molar-refractivity contribution in [1.29, 1.82) is 0 Å². The summed E-state index contributed by atoms with van der Waals surface area (Å²) in [4.78, 5) is 17.1. The zero-order valence-corrected chi connectivity index (χ0v) is 15.9. The summed E-state index contributed by atoms with van der Waals surface area (Å²) in [5.74, 6) is 1.08. The van der Waals surface area contributed by atoms with Crippen molar-refractivity contribution in [2.45, 2.75) is 6.42 Å². The maximum atomic E-state index is 12.9. The highest BCUT2D eigenvalue weighted by Gasteiger charge is 2.23. The number of hydrogen-bond acceptors (Lipinski definition) is 3. The van der Waals surface area contributed by atoms with Gasteiger partial charge >= 0.3 is 0 Å². The van der Waals surface area contributed by atoms with Gasteiger partial charge in [-0.3, -0.25) is 4.79 Å². The molecular weight excluding hydrogens is 338 g/mol. The van der Waals surface area contributed by atoms with E-state index in [9.17, 15) is 4.79 Å². The number of rotatable bonds is 4. The van der Waals surface area contributed by atoms with E-state index < -0.39 is 0 Å². The zero-order valence-electron chi connectivity index (χ0n) is 15.9. The molecule has 1 aliphatic rings. The number of amides is 1. The average Bonchev–Trinajstić information content (AvgIpc) is 3.04. The number of methoxy groups -OCH3 is 1. The van der Waals surface area contributed by atoms with Crippen molar-refractivity contribution >= 4 is 22.5 Å². The van der Waals surface area contributed by atoms with Crippen LogP contribution in [0.1, 0.15) is 5.56 Å². The number of para-hydroxylation sites is 3. The minimum atomic E-state index is 0.200. The fourth-order valence-corrected chi connectivity index (χ4v) is 3.93. The van der Waals surface area contributed by atoms with Crippen molar-refractivity contribution in [3.05, 3.63) is 60.3 Å². The summed E-state index contributed by atoms with van der Waals surface area (Å²) in [6.45, 7) is 3.12. The molecule has 27 heavy (non-hydrogen) atoms. The van der Waals surface area contributed by atoms with E-state index in [1.165, 1.54) is 10.9 Å². The summed E-state index contributed by atoms with van der Waals surface area (Å²) >= 11 is 0. The molecule has 5 nitrogen and oxygen atoms in total. The Morgan fingerprint density at radius 3 is 2.48 bits per heavy atom. The molecule has 3 aromatic rings. The number of aryl methyl sites for hydroxylation is 1. The summed E-state index contributed by atoms with van der Waals surface area (Å²) in [5.41, 5.74) is 3.37. The van der Waals surface area contributed by atoms with Crippen LogP contribution in [0.25, 0.3) is 10.9 Å². The standard InChI is InChI=1S/C22H25N3O2/c1-23-16-17(18-7-3-4-8-19(18)23)15-22(26)25-13-11-24(12-14-25)20-9-5-6-10-21(20)27-2/h3-10,16H,11-15H2,1-2H3. The van der Waals surface area contributed by atoms with E-state index in [4.69, 9.17) is 4.74 Å². The van der Waals surface area contributed by atoms with Crippen LogP contribution in [0.15, 0.2) is 54.7 Å². The van der Waals surface area contributed by atoms with E-state index in [0.29, 0.717) is 6.42 Å². The number of fused-ring (bicyclic) bond motifs is 1. The van der Waals surface area contributed by atoms with Gasteiger partial charge in [0.2, 0.25) is 5.91 Å². The minimum absolute atomic E-state index is 0.200. The van der Waals surface area contributed by atoms with Gasteiger partial charge in [0.1, 0.15) is 5.75 Å². The van der Waals surface area contributed by atoms with Gasteiger partial charge in [-0.05, 0) is 23.8 Å². The molecule has 0 saturated carbocycles. The second kappa shape index (κ2) is 7.35. The van der Waals surface area contributed by atoms with E-state index in [1.807, 2.05) is 42.3 Å². The van der Waals surface area contributed by atoms with Gasteiger partial charge in [-0.15, -0.1) is 0 Å². The molecule has 0 bridgehead atoms. The summed E-state index contributed by atoms with van der Waals surface area (Å²) < 4.78 is 7.57. The van der Waals surface area contributed by atoms with Crippen LogP contribution in [0.2, 0.25) is 0 Å². The quantitative estimate of drug-likeness (QED) is 0.715. The van der Waals surface area contributed by atoms with Gasteiger partial charge in [0, 0.05) is 50.3 Å². The molecule has 0 atom stereocenters. The van der Waals surface area contributed by atoms with E-state index in [1.54, 1.807) is 7.11 Å². The van der Waals surface area contributed by atoms with Crippen molar-refractivity contribution in [1.82, 2.24) is 9.47 Å². The highest BCUT2D eigenvalue weighted by molar-refractivity contribution is 5.89. The second-order valence-corrected chi connectivity index (χ2v) is 7.00. The van der Waals surface area contributed by atoms with E-state index in [0.717, 1.165) is 43.2 Å². The monoisotopic (exact) mass is 363 g/mol. The Balaban J connectivity index is 1.43. The largest absolute Gasteiger partial charge is 0.495 e. The van der Waals surface area contributed by atoms with Crippen molar-refractivity contribution in [3.63, 3.8) is 0 Å². The van der Waals surface area contributed by atoms with Crippen LogP contribution in [0.3, 0.4) is 0 Å². The predicted octanol–water partition coefficient (Wildman–Crippen LogP) is 3.08. The van der Waals surface area contributed by atoms with Crippen molar-refractivity contribution in [3.8, 4) is 5.75 Å². The highest BCUT2D eigenvalue weighted by atomic mass is 16.5. The number of hydrogen-bond donors (Lipinski definition) is 0. The molecule has 2 heterocycles. The third kappa shape index (κ3) is 3.37. The Hall–Kier alpha value is -2.95. The number of carbonyl (C=O) groups is 1.